The Morgan fingerprint density at radius 1 is 0.263 bits per heavy atom. The molecule has 278 valence electrons. The lowest BCUT2D eigenvalue weighted by atomic mass is 9.82. The Morgan fingerprint density at radius 3 is 0.772 bits per heavy atom. The van der Waals surface area contributed by atoms with Gasteiger partial charge in [-0.3, -0.25) is 0 Å². The number of hydrogen-bond acceptors (Lipinski definition) is 1. The van der Waals surface area contributed by atoms with Gasteiger partial charge in [0.05, 0.1) is 0 Å². The third kappa shape index (κ3) is 6.10. The summed E-state index contributed by atoms with van der Waals surface area (Å²) in [6.07, 6.45) is 0. The van der Waals surface area contributed by atoms with Crippen LogP contribution in [0.4, 0.5) is 0 Å². The average Bonchev–Trinajstić information content (AvgIpc) is 3.55. The maximum atomic E-state index is 6.65. The van der Waals surface area contributed by atoms with Gasteiger partial charge in [0.25, 0.3) is 0 Å². The van der Waals surface area contributed by atoms with Gasteiger partial charge in [0, 0.05) is 10.8 Å². The molecule has 1 heteroatoms. The normalized spacial score (nSPS) is 11.5. The molecule has 0 bridgehead atoms. The van der Waals surface area contributed by atoms with Crippen molar-refractivity contribution in [1.82, 2.24) is 0 Å². The number of furan rings is 1. The zero-order valence-electron chi connectivity index (χ0n) is 34.3. The van der Waals surface area contributed by atoms with Crippen LogP contribution in [0.3, 0.4) is 0 Å². The largest absolute Gasteiger partial charge is 0.456 e. The molecule has 0 saturated carbocycles. The van der Waals surface area contributed by atoms with Gasteiger partial charge in [0.1, 0.15) is 11.2 Å². The molecule has 1 heterocycles. The first-order valence-electron chi connectivity index (χ1n) is 20.1. The smallest absolute Gasteiger partial charge is 0.135 e. The predicted octanol–water partition coefficient (Wildman–Crippen LogP) is 16.1. The molecule has 0 radical (unpaired) electrons. The molecule has 0 atom stereocenters. The van der Waals surface area contributed by atoms with E-state index in [-0.39, 0.29) is 0 Å². The van der Waals surface area contributed by atoms with Gasteiger partial charge in [-0.1, -0.05) is 121 Å². The Hall–Kier alpha value is -6.44. The molecule has 0 unspecified atom stereocenters. The molecule has 9 aromatic rings. The van der Waals surface area contributed by atoms with E-state index in [1.165, 1.54) is 111 Å². The average molecular weight is 737 g/mol. The van der Waals surface area contributed by atoms with Crippen molar-refractivity contribution in [3.05, 3.63) is 190 Å². The Balaban J connectivity index is 1.33. The minimum Gasteiger partial charge on any atom is -0.456 e. The summed E-state index contributed by atoms with van der Waals surface area (Å²) in [6.45, 7) is 17.8. The number of rotatable bonds is 6. The minimum absolute atomic E-state index is 0.891. The Morgan fingerprint density at radius 2 is 0.509 bits per heavy atom. The van der Waals surface area contributed by atoms with Crippen LogP contribution >= 0.6 is 0 Å². The first-order valence-corrected chi connectivity index (χ1v) is 20.1. The molecule has 0 aliphatic carbocycles. The lowest BCUT2D eigenvalue weighted by molar-refractivity contribution is 0.669. The summed E-state index contributed by atoms with van der Waals surface area (Å²) in [5.41, 5.74) is 27.0. The van der Waals surface area contributed by atoms with Crippen LogP contribution in [0.5, 0.6) is 0 Å². The fraction of sp³-hybridized carbons (Fsp3) is 0.143. The highest BCUT2D eigenvalue weighted by molar-refractivity contribution is 6.10. The molecule has 8 aromatic carbocycles. The van der Waals surface area contributed by atoms with Crippen molar-refractivity contribution < 1.29 is 4.42 Å². The molecular formula is C56H48O. The summed E-state index contributed by atoms with van der Waals surface area (Å²) in [5, 5.41) is 2.23. The van der Waals surface area contributed by atoms with Crippen LogP contribution in [0, 0.1) is 55.4 Å². The van der Waals surface area contributed by atoms with Gasteiger partial charge in [-0.15, -0.1) is 0 Å². The summed E-state index contributed by atoms with van der Waals surface area (Å²) in [6, 6.07) is 53.8. The van der Waals surface area contributed by atoms with E-state index in [0.717, 1.165) is 21.9 Å². The maximum Gasteiger partial charge on any atom is 0.135 e. The van der Waals surface area contributed by atoms with Gasteiger partial charge in [-0.2, -0.15) is 0 Å². The van der Waals surface area contributed by atoms with Crippen LogP contribution in [0.2, 0.25) is 0 Å². The van der Waals surface area contributed by atoms with E-state index in [9.17, 15) is 0 Å². The Labute approximate surface area is 337 Å². The summed E-state index contributed by atoms with van der Waals surface area (Å²) in [4.78, 5) is 0. The van der Waals surface area contributed by atoms with Crippen molar-refractivity contribution in [1.29, 1.82) is 0 Å². The van der Waals surface area contributed by atoms with Crippen molar-refractivity contribution in [2.45, 2.75) is 55.4 Å². The first kappa shape index (κ1) is 36.2. The van der Waals surface area contributed by atoms with Gasteiger partial charge >= 0.3 is 0 Å². The van der Waals surface area contributed by atoms with Crippen molar-refractivity contribution in [2.24, 2.45) is 0 Å². The van der Waals surface area contributed by atoms with Crippen LogP contribution in [0.1, 0.15) is 44.5 Å². The zero-order chi connectivity index (χ0) is 39.5. The molecule has 0 saturated heterocycles. The zero-order valence-corrected chi connectivity index (χ0v) is 34.3. The highest BCUT2D eigenvalue weighted by Crippen LogP contribution is 2.48. The van der Waals surface area contributed by atoms with E-state index in [1.807, 2.05) is 0 Å². The van der Waals surface area contributed by atoms with Crippen molar-refractivity contribution >= 4 is 21.9 Å². The quantitative estimate of drug-likeness (QED) is 0.166. The Kier molecular flexibility index (Phi) is 9.05. The second-order valence-electron chi connectivity index (χ2n) is 16.0. The van der Waals surface area contributed by atoms with Crippen LogP contribution < -0.4 is 0 Å². The molecule has 0 amide bonds. The minimum atomic E-state index is 0.891. The number of fused-ring (bicyclic) bond motifs is 3. The predicted molar refractivity (Wildman–Crippen MR) is 244 cm³/mol. The fourth-order valence-corrected chi connectivity index (χ4v) is 9.61. The SMILES string of the molecule is Cc1cccc(C)c1-c1cccc(-c2c(C)cccc2C)c1-c1ccc2oc3ccc(-c4c(-c5c(C)cccc5C)cccc4-c4c(C)cccc4C)cc3c2c1. The monoisotopic (exact) mass is 736 g/mol. The summed E-state index contributed by atoms with van der Waals surface area (Å²) >= 11 is 0. The van der Waals surface area contributed by atoms with Gasteiger partial charge < -0.3 is 4.42 Å². The highest BCUT2D eigenvalue weighted by atomic mass is 16.3. The van der Waals surface area contributed by atoms with Crippen LogP contribution in [-0.2, 0) is 0 Å². The third-order valence-electron chi connectivity index (χ3n) is 12.2. The number of benzene rings is 8. The van der Waals surface area contributed by atoms with Crippen molar-refractivity contribution in [3.63, 3.8) is 0 Å². The van der Waals surface area contributed by atoms with Gasteiger partial charge in [-0.05, 0) is 191 Å². The molecule has 0 spiro atoms. The van der Waals surface area contributed by atoms with Crippen LogP contribution in [-0.4, -0.2) is 0 Å². The van der Waals surface area contributed by atoms with Crippen molar-refractivity contribution in [3.8, 4) is 66.8 Å². The van der Waals surface area contributed by atoms with Gasteiger partial charge in [0.2, 0.25) is 0 Å². The lowest BCUT2D eigenvalue weighted by Gasteiger charge is -2.21. The standard InChI is InChI=1S/C56H48O/c1-33-15-9-16-34(2)51(33)43-23-13-24-44(52-35(3)17-10-18-36(52)4)55(43)41-27-29-49-47(31-41)48-32-42(28-30-50(48)57-49)56-45(53-37(5)19-11-20-38(53)6)25-14-26-46(56)54-39(7)21-12-22-40(54)8/h9-32H,1-8H3. The molecule has 0 aliphatic heterocycles. The second-order valence-corrected chi connectivity index (χ2v) is 16.0. The Bertz CT molecular complexity index is 2620. The fourth-order valence-electron chi connectivity index (χ4n) is 9.61. The van der Waals surface area contributed by atoms with E-state index >= 15 is 0 Å². The lowest BCUT2D eigenvalue weighted by Crippen LogP contribution is -1.97. The van der Waals surface area contributed by atoms with E-state index in [2.05, 4.69) is 201 Å². The summed E-state index contributed by atoms with van der Waals surface area (Å²) in [7, 11) is 0. The van der Waals surface area contributed by atoms with Crippen LogP contribution in [0.15, 0.2) is 150 Å². The third-order valence-corrected chi connectivity index (χ3v) is 12.2. The van der Waals surface area contributed by atoms with Gasteiger partial charge in [-0.25, -0.2) is 0 Å². The number of aryl methyl sites for hydroxylation is 8. The molecular weight excluding hydrogens is 689 g/mol. The summed E-state index contributed by atoms with van der Waals surface area (Å²) < 4.78 is 6.65. The topological polar surface area (TPSA) is 13.1 Å². The van der Waals surface area contributed by atoms with E-state index in [1.54, 1.807) is 0 Å². The van der Waals surface area contributed by atoms with E-state index in [0.29, 0.717) is 0 Å². The van der Waals surface area contributed by atoms with Gasteiger partial charge in [0.15, 0.2) is 0 Å². The molecule has 0 N–H and O–H groups in total. The van der Waals surface area contributed by atoms with E-state index in [4.69, 9.17) is 4.42 Å². The first-order chi connectivity index (χ1) is 27.6. The molecule has 0 aliphatic rings. The van der Waals surface area contributed by atoms with Crippen molar-refractivity contribution in [2.75, 3.05) is 0 Å². The molecule has 1 nitrogen and oxygen atoms in total. The van der Waals surface area contributed by atoms with E-state index < -0.39 is 0 Å². The summed E-state index contributed by atoms with van der Waals surface area (Å²) in [5.74, 6) is 0. The second kappa shape index (κ2) is 14.3. The number of hydrogen-bond donors (Lipinski definition) is 0. The molecule has 57 heavy (non-hydrogen) atoms. The maximum absolute atomic E-state index is 6.65. The molecule has 9 rings (SSSR count). The van der Waals surface area contributed by atoms with Crippen LogP contribution in [0.25, 0.3) is 88.7 Å². The highest BCUT2D eigenvalue weighted by Gasteiger charge is 2.22. The molecule has 0 fully saturated rings. The molecule has 1 aromatic heterocycles.